The molecule has 1 heterocycles. The van der Waals surface area contributed by atoms with Crippen LogP contribution in [0.5, 0.6) is 0 Å². The lowest BCUT2D eigenvalue weighted by atomic mass is 10.1. The predicted octanol–water partition coefficient (Wildman–Crippen LogP) is -0.160. The number of urea groups is 1. The monoisotopic (exact) mass is 229 g/mol. The molecule has 1 unspecified atom stereocenters. The average Bonchev–Trinajstić information content (AvgIpc) is 2.73. The Morgan fingerprint density at radius 2 is 2.31 bits per heavy atom. The number of nitrogens with two attached hydrogens (primary N) is 1. The maximum Gasteiger partial charge on any atom is 0.326 e. The molecule has 92 valence electrons. The number of amides is 2. The van der Waals surface area contributed by atoms with Gasteiger partial charge in [-0.1, -0.05) is 6.92 Å². The highest BCUT2D eigenvalue weighted by Gasteiger charge is 2.27. The maximum atomic E-state index is 11.7. The Balaban J connectivity index is 2.43. The van der Waals surface area contributed by atoms with E-state index in [0.717, 1.165) is 6.42 Å². The van der Waals surface area contributed by atoms with Crippen molar-refractivity contribution in [3.63, 3.8) is 0 Å². The fourth-order valence-electron chi connectivity index (χ4n) is 1.79. The molecule has 16 heavy (non-hydrogen) atoms. The quantitative estimate of drug-likeness (QED) is 0.624. The fourth-order valence-corrected chi connectivity index (χ4v) is 1.79. The second-order valence-electron chi connectivity index (χ2n) is 4.08. The summed E-state index contributed by atoms with van der Waals surface area (Å²) >= 11 is 0. The Kier molecular flexibility index (Phi) is 4.54. The van der Waals surface area contributed by atoms with Crippen LogP contribution >= 0.6 is 0 Å². The van der Waals surface area contributed by atoms with E-state index in [1.54, 1.807) is 11.8 Å². The highest BCUT2D eigenvalue weighted by molar-refractivity contribution is 5.82. The first-order chi connectivity index (χ1) is 7.58. The van der Waals surface area contributed by atoms with E-state index >= 15 is 0 Å². The molecule has 0 aliphatic carbocycles. The zero-order chi connectivity index (χ0) is 12.1. The molecule has 0 spiro atoms. The van der Waals surface area contributed by atoms with Crippen LogP contribution in [0.25, 0.3) is 0 Å². The molecule has 0 bridgehead atoms. The van der Waals surface area contributed by atoms with Gasteiger partial charge in [0.25, 0.3) is 0 Å². The molecule has 1 rings (SSSR count). The first-order valence-electron chi connectivity index (χ1n) is 5.56. The van der Waals surface area contributed by atoms with Crippen molar-refractivity contribution in [3.8, 4) is 0 Å². The molecule has 1 aliphatic heterocycles. The Hall–Kier alpha value is -1.30. The van der Waals surface area contributed by atoms with Gasteiger partial charge in [0, 0.05) is 13.1 Å². The number of nitrogens with zero attached hydrogens (tertiary/aromatic N) is 1. The number of carboxylic acids is 1. The van der Waals surface area contributed by atoms with E-state index < -0.39 is 12.0 Å². The van der Waals surface area contributed by atoms with Crippen LogP contribution in [-0.2, 0) is 4.79 Å². The normalized spacial score (nSPS) is 21.9. The lowest BCUT2D eigenvalue weighted by molar-refractivity contribution is -0.139. The largest absolute Gasteiger partial charge is 0.480 e. The molecule has 0 saturated carbocycles. The third-order valence-electron chi connectivity index (χ3n) is 2.91. The number of nitrogens with one attached hydrogen (secondary N) is 1. The Bertz CT molecular complexity index is 270. The summed E-state index contributed by atoms with van der Waals surface area (Å²) in [6.45, 7) is 3.58. The van der Waals surface area contributed by atoms with Crippen molar-refractivity contribution in [1.29, 1.82) is 0 Å². The van der Waals surface area contributed by atoms with Crippen LogP contribution in [0.1, 0.15) is 19.8 Å². The smallest absolute Gasteiger partial charge is 0.326 e. The summed E-state index contributed by atoms with van der Waals surface area (Å²) in [5.74, 6) is -0.652. The summed E-state index contributed by atoms with van der Waals surface area (Å²) < 4.78 is 0. The van der Waals surface area contributed by atoms with Crippen molar-refractivity contribution in [2.75, 3.05) is 19.6 Å². The molecule has 6 heteroatoms. The van der Waals surface area contributed by atoms with Gasteiger partial charge in [-0.3, -0.25) is 0 Å². The molecule has 0 radical (unpaired) electrons. The molecular weight excluding hydrogens is 210 g/mol. The molecule has 0 aromatic rings. The average molecular weight is 229 g/mol. The van der Waals surface area contributed by atoms with E-state index in [4.69, 9.17) is 10.8 Å². The van der Waals surface area contributed by atoms with Gasteiger partial charge in [-0.15, -0.1) is 0 Å². The van der Waals surface area contributed by atoms with E-state index in [2.05, 4.69) is 5.32 Å². The standard InChI is InChI=1S/C10H19N3O3/c1-2-8(9(14)15)12-10(16)13-4-3-7(5-11)6-13/h7-8H,2-6,11H2,1H3,(H,12,16)(H,14,15)/t7?,8-/m0/s1. The second kappa shape index (κ2) is 5.69. The lowest BCUT2D eigenvalue weighted by Gasteiger charge is -2.20. The van der Waals surface area contributed by atoms with Crippen LogP contribution in [-0.4, -0.2) is 47.7 Å². The number of carbonyl (C=O) groups excluding carboxylic acids is 1. The molecule has 1 aliphatic rings. The van der Waals surface area contributed by atoms with E-state index in [-0.39, 0.29) is 6.03 Å². The zero-order valence-electron chi connectivity index (χ0n) is 9.48. The zero-order valence-corrected chi connectivity index (χ0v) is 9.48. The topological polar surface area (TPSA) is 95.7 Å². The highest BCUT2D eigenvalue weighted by Crippen LogP contribution is 2.14. The van der Waals surface area contributed by atoms with Crippen molar-refractivity contribution < 1.29 is 14.7 Å². The number of aliphatic carboxylic acids is 1. The minimum absolute atomic E-state index is 0.301. The summed E-state index contributed by atoms with van der Waals surface area (Å²) in [7, 11) is 0. The van der Waals surface area contributed by atoms with Crippen molar-refractivity contribution in [2.24, 2.45) is 11.7 Å². The third kappa shape index (κ3) is 3.10. The van der Waals surface area contributed by atoms with Crippen molar-refractivity contribution in [3.05, 3.63) is 0 Å². The Morgan fingerprint density at radius 3 is 2.75 bits per heavy atom. The fraction of sp³-hybridized carbons (Fsp3) is 0.800. The minimum atomic E-state index is -0.995. The molecule has 2 atom stereocenters. The van der Waals surface area contributed by atoms with E-state index in [0.29, 0.717) is 32.0 Å². The predicted molar refractivity (Wildman–Crippen MR) is 59.0 cm³/mol. The first-order valence-corrected chi connectivity index (χ1v) is 5.56. The summed E-state index contributed by atoms with van der Waals surface area (Å²) in [6, 6.07) is -1.10. The molecule has 0 aromatic heterocycles. The van der Waals surface area contributed by atoms with E-state index in [1.165, 1.54) is 0 Å². The van der Waals surface area contributed by atoms with Crippen LogP contribution in [0.2, 0.25) is 0 Å². The van der Waals surface area contributed by atoms with Gasteiger partial charge >= 0.3 is 12.0 Å². The van der Waals surface area contributed by atoms with Gasteiger partial charge in [-0.05, 0) is 25.3 Å². The van der Waals surface area contributed by atoms with Crippen LogP contribution in [0.4, 0.5) is 4.79 Å². The van der Waals surface area contributed by atoms with Gasteiger partial charge in [0.2, 0.25) is 0 Å². The van der Waals surface area contributed by atoms with Gasteiger partial charge < -0.3 is 21.1 Å². The third-order valence-corrected chi connectivity index (χ3v) is 2.91. The number of carboxylic acid groups (broad SMARTS) is 1. The summed E-state index contributed by atoms with van der Waals surface area (Å²) in [5, 5.41) is 11.3. The van der Waals surface area contributed by atoms with Gasteiger partial charge in [0.05, 0.1) is 0 Å². The van der Waals surface area contributed by atoms with Crippen LogP contribution in [0.3, 0.4) is 0 Å². The SMILES string of the molecule is CC[C@H](NC(=O)N1CCC(CN)C1)C(=O)O. The lowest BCUT2D eigenvalue weighted by Crippen LogP contribution is -2.47. The van der Waals surface area contributed by atoms with Gasteiger partial charge in [0.15, 0.2) is 0 Å². The number of hydrogen-bond donors (Lipinski definition) is 3. The molecule has 1 fully saturated rings. The van der Waals surface area contributed by atoms with E-state index in [1.807, 2.05) is 0 Å². The first kappa shape index (κ1) is 12.8. The maximum absolute atomic E-state index is 11.7. The van der Waals surface area contributed by atoms with Crippen LogP contribution < -0.4 is 11.1 Å². The Morgan fingerprint density at radius 1 is 1.62 bits per heavy atom. The Labute approximate surface area is 94.8 Å². The highest BCUT2D eigenvalue weighted by atomic mass is 16.4. The molecule has 2 amide bonds. The van der Waals surface area contributed by atoms with Crippen molar-refractivity contribution in [2.45, 2.75) is 25.8 Å². The summed E-state index contributed by atoms with van der Waals surface area (Å²) in [5.41, 5.74) is 5.52. The van der Waals surface area contributed by atoms with Crippen molar-refractivity contribution in [1.82, 2.24) is 10.2 Å². The second-order valence-corrected chi connectivity index (χ2v) is 4.08. The summed E-state index contributed by atoms with van der Waals surface area (Å²) in [6.07, 6.45) is 1.28. The van der Waals surface area contributed by atoms with Crippen LogP contribution in [0.15, 0.2) is 0 Å². The molecular formula is C10H19N3O3. The van der Waals surface area contributed by atoms with Gasteiger partial charge in [-0.25, -0.2) is 9.59 Å². The minimum Gasteiger partial charge on any atom is -0.480 e. The number of hydrogen-bond acceptors (Lipinski definition) is 3. The van der Waals surface area contributed by atoms with Gasteiger partial charge in [0.1, 0.15) is 6.04 Å². The summed E-state index contributed by atoms with van der Waals surface area (Å²) in [4.78, 5) is 24.1. The number of carbonyl (C=O) groups is 2. The van der Waals surface area contributed by atoms with Crippen molar-refractivity contribution >= 4 is 12.0 Å². The molecule has 4 N–H and O–H groups in total. The van der Waals surface area contributed by atoms with Gasteiger partial charge in [-0.2, -0.15) is 0 Å². The van der Waals surface area contributed by atoms with Crippen LogP contribution in [0, 0.1) is 5.92 Å². The molecule has 0 aromatic carbocycles. The van der Waals surface area contributed by atoms with E-state index in [9.17, 15) is 9.59 Å². The molecule has 1 saturated heterocycles. The number of likely N-dealkylation sites (tertiary alicyclic amines) is 1. The number of rotatable bonds is 4. The molecule has 6 nitrogen and oxygen atoms in total.